The second-order valence-electron chi connectivity index (χ2n) is 4.98. The molecule has 2 rings (SSSR count). The van der Waals surface area contributed by atoms with Crippen LogP contribution in [-0.2, 0) is 0 Å². The number of aryl methyl sites for hydroxylation is 2. The Morgan fingerprint density at radius 1 is 1.05 bits per heavy atom. The first kappa shape index (κ1) is 15.0. The summed E-state index contributed by atoms with van der Waals surface area (Å²) >= 11 is 0. The number of rotatable bonds is 2. The maximum atomic E-state index is 14.0. The van der Waals surface area contributed by atoms with Crippen LogP contribution in [0.25, 0.3) is 0 Å². The number of nitrogens with one attached hydrogen (secondary N) is 1. The van der Waals surface area contributed by atoms with Gasteiger partial charge < -0.3 is 11.1 Å². The monoisotopic (exact) mass is 290 g/mol. The first-order valence-electron chi connectivity index (χ1n) is 6.44. The molecular weight excluding hydrogens is 274 g/mol. The smallest absolute Gasteiger partial charge is 0.261 e. The molecule has 2 aromatic carbocycles. The maximum Gasteiger partial charge on any atom is 0.261 e. The van der Waals surface area contributed by atoms with E-state index in [2.05, 4.69) is 5.32 Å². The van der Waals surface area contributed by atoms with E-state index in [0.717, 1.165) is 11.6 Å². The van der Waals surface area contributed by atoms with Gasteiger partial charge >= 0.3 is 0 Å². The number of anilines is 2. The van der Waals surface area contributed by atoms with Crippen LogP contribution in [-0.4, -0.2) is 5.91 Å². The van der Waals surface area contributed by atoms with Crippen molar-refractivity contribution in [3.8, 4) is 0 Å². The van der Waals surface area contributed by atoms with E-state index in [9.17, 15) is 13.6 Å². The predicted molar refractivity (Wildman–Crippen MR) is 79.4 cm³/mol. The van der Waals surface area contributed by atoms with E-state index in [4.69, 9.17) is 5.73 Å². The molecule has 110 valence electrons. The number of carbonyl (C=O) groups excluding carboxylic acids is 1. The average molecular weight is 290 g/mol. The lowest BCUT2D eigenvalue weighted by Crippen LogP contribution is -2.18. The minimum atomic E-state index is -0.894. The predicted octanol–water partition coefficient (Wildman–Crippen LogP) is 3.72. The topological polar surface area (TPSA) is 55.1 Å². The van der Waals surface area contributed by atoms with Crippen molar-refractivity contribution >= 4 is 17.3 Å². The van der Waals surface area contributed by atoms with Crippen molar-refractivity contribution in [3.63, 3.8) is 0 Å². The molecule has 0 bridgehead atoms. The number of amides is 1. The van der Waals surface area contributed by atoms with Crippen LogP contribution < -0.4 is 11.1 Å². The molecule has 3 nitrogen and oxygen atoms in total. The Bertz CT molecular complexity index is 727. The Morgan fingerprint density at radius 3 is 2.33 bits per heavy atom. The zero-order chi connectivity index (χ0) is 15.7. The van der Waals surface area contributed by atoms with Crippen molar-refractivity contribution in [3.05, 3.63) is 58.2 Å². The van der Waals surface area contributed by atoms with E-state index in [0.29, 0.717) is 16.9 Å². The molecule has 0 radical (unpaired) electrons. The molecule has 0 aliphatic carbocycles. The molecule has 0 unspecified atom stereocenters. The number of halogens is 2. The van der Waals surface area contributed by atoms with Gasteiger partial charge in [-0.05, 0) is 49.6 Å². The molecule has 21 heavy (non-hydrogen) atoms. The Balaban J connectivity index is 2.45. The van der Waals surface area contributed by atoms with Gasteiger partial charge in [0.1, 0.15) is 17.2 Å². The van der Waals surface area contributed by atoms with Gasteiger partial charge in [0.25, 0.3) is 5.91 Å². The van der Waals surface area contributed by atoms with Gasteiger partial charge in [-0.2, -0.15) is 0 Å². The van der Waals surface area contributed by atoms with E-state index in [-0.39, 0.29) is 5.56 Å². The van der Waals surface area contributed by atoms with Gasteiger partial charge in [-0.15, -0.1) is 0 Å². The van der Waals surface area contributed by atoms with Crippen LogP contribution in [0.1, 0.15) is 27.0 Å². The molecule has 0 aliphatic rings. The number of carbonyl (C=O) groups is 1. The highest BCUT2D eigenvalue weighted by molar-refractivity contribution is 6.06. The third kappa shape index (κ3) is 2.72. The minimum absolute atomic E-state index is 0.211. The summed E-state index contributed by atoms with van der Waals surface area (Å²) in [5, 5.41) is 2.55. The quantitative estimate of drug-likeness (QED) is 0.828. The number of benzene rings is 2. The first-order valence-corrected chi connectivity index (χ1v) is 6.44. The van der Waals surface area contributed by atoms with Gasteiger partial charge in [0, 0.05) is 11.4 Å². The fourth-order valence-corrected chi connectivity index (χ4v) is 2.10. The van der Waals surface area contributed by atoms with Gasteiger partial charge in [-0.1, -0.05) is 12.1 Å². The van der Waals surface area contributed by atoms with Crippen LogP contribution in [0.2, 0.25) is 0 Å². The molecule has 0 heterocycles. The van der Waals surface area contributed by atoms with Crippen LogP contribution in [0.5, 0.6) is 0 Å². The van der Waals surface area contributed by atoms with Crippen molar-refractivity contribution in [2.45, 2.75) is 20.8 Å². The summed E-state index contributed by atoms with van der Waals surface area (Å²) in [5.41, 5.74) is 7.82. The van der Waals surface area contributed by atoms with Crippen LogP contribution in [0.15, 0.2) is 24.3 Å². The highest BCUT2D eigenvalue weighted by Crippen LogP contribution is 2.26. The summed E-state index contributed by atoms with van der Waals surface area (Å²) in [5.74, 6) is -2.58. The van der Waals surface area contributed by atoms with E-state index < -0.39 is 23.1 Å². The second kappa shape index (κ2) is 5.52. The van der Waals surface area contributed by atoms with E-state index >= 15 is 0 Å². The third-order valence-corrected chi connectivity index (χ3v) is 3.47. The normalized spacial score (nSPS) is 10.5. The molecule has 0 atom stereocenters. The fourth-order valence-electron chi connectivity index (χ4n) is 2.10. The van der Waals surface area contributed by atoms with Gasteiger partial charge in [-0.3, -0.25) is 4.79 Å². The zero-order valence-electron chi connectivity index (χ0n) is 12.1. The molecule has 0 fully saturated rings. The number of nitrogens with two attached hydrogens (primary N) is 1. The second-order valence-corrected chi connectivity index (χ2v) is 4.98. The largest absolute Gasteiger partial charge is 0.398 e. The minimum Gasteiger partial charge on any atom is -0.398 e. The van der Waals surface area contributed by atoms with Gasteiger partial charge in [-0.25, -0.2) is 8.78 Å². The summed E-state index contributed by atoms with van der Waals surface area (Å²) in [6.45, 7) is 4.99. The Hall–Kier alpha value is -2.43. The third-order valence-electron chi connectivity index (χ3n) is 3.47. The Morgan fingerprint density at radius 2 is 1.67 bits per heavy atom. The van der Waals surface area contributed by atoms with Crippen LogP contribution in [0.3, 0.4) is 0 Å². The van der Waals surface area contributed by atoms with E-state index in [1.165, 1.54) is 13.0 Å². The number of nitrogen functional groups attached to an aromatic ring is 1. The maximum absolute atomic E-state index is 14.0. The van der Waals surface area contributed by atoms with Crippen molar-refractivity contribution in [2.24, 2.45) is 0 Å². The SMILES string of the molecule is Cc1ccc(F)c(C(=O)Nc2c(C)ccc(N)c2C)c1F. The first-order chi connectivity index (χ1) is 9.82. The highest BCUT2D eigenvalue weighted by Gasteiger charge is 2.20. The molecule has 5 heteroatoms. The standard InChI is InChI=1S/C16H16F2N2O/c1-8-4-6-11(17)13(14(8)18)16(21)20-15-9(2)5-7-12(19)10(15)3/h4-7H,19H2,1-3H3,(H,20,21). The van der Waals surface area contributed by atoms with E-state index in [1.54, 1.807) is 26.0 Å². The number of hydrogen-bond donors (Lipinski definition) is 2. The van der Waals surface area contributed by atoms with Crippen molar-refractivity contribution < 1.29 is 13.6 Å². The van der Waals surface area contributed by atoms with Gasteiger partial charge in [0.05, 0.1) is 0 Å². The highest BCUT2D eigenvalue weighted by atomic mass is 19.1. The average Bonchev–Trinajstić information content (AvgIpc) is 2.44. The van der Waals surface area contributed by atoms with Gasteiger partial charge in [0.15, 0.2) is 0 Å². The zero-order valence-corrected chi connectivity index (χ0v) is 12.1. The molecule has 0 saturated carbocycles. The molecule has 0 saturated heterocycles. The van der Waals surface area contributed by atoms with Crippen molar-refractivity contribution in [2.75, 3.05) is 11.1 Å². The molecule has 0 aliphatic heterocycles. The Kier molecular flexibility index (Phi) is 3.93. The van der Waals surface area contributed by atoms with Crippen LogP contribution in [0, 0.1) is 32.4 Å². The molecule has 0 aromatic heterocycles. The Labute approximate surface area is 121 Å². The summed E-state index contributed by atoms with van der Waals surface area (Å²) in [6.07, 6.45) is 0. The summed E-state index contributed by atoms with van der Waals surface area (Å²) in [4.78, 5) is 12.2. The van der Waals surface area contributed by atoms with Crippen molar-refractivity contribution in [1.82, 2.24) is 0 Å². The molecule has 0 spiro atoms. The molecule has 2 aromatic rings. The lowest BCUT2D eigenvalue weighted by Gasteiger charge is -2.14. The summed E-state index contributed by atoms with van der Waals surface area (Å²) < 4.78 is 27.7. The lowest BCUT2D eigenvalue weighted by atomic mass is 10.1. The summed E-state index contributed by atoms with van der Waals surface area (Å²) in [6, 6.07) is 5.82. The van der Waals surface area contributed by atoms with Crippen molar-refractivity contribution in [1.29, 1.82) is 0 Å². The molecule has 3 N–H and O–H groups in total. The lowest BCUT2D eigenvalue weighted by molar-refractivity contribution is 0.101. The summed E-state index contributed by atoms with van der Waals surface area (Å²) in [7, 11) is 0. The number of hydrogen-bond acceptors (Lipinski definition) is 2. The fraction of sp³-hybridized carbons (Fsp3) is 0.188. The molecular formula is C16H16F2N2O. The van der Waals surface area contributed by atoms with Crippen LogP contribution >= 0.6 is 0 Å². The van der Waals surface area contributed by atoms with E-state index in [1.807, 2.05) is 0 Å². The van der Waals surface area contributed by atoms with Gasteiger partial charge in [0.2, 0.25) is 0 Å². The van der Waals surface area contributed by atoms with Crippen LogP contribution in [0.4, 0.5) is 20.2 Å². The molecule has 1 amide bonds.